The van der Waals surface area contributed by atoms with Crippen LogP contribution in [0.4, 0.5) is 0 Å². The third-order valence-corrected chi connectivity index (χ3v) is 3.36. The molecule has 1 rings (SSSR count). The maximum Gasteiger partial charge on any atom is 0.337 e. The van der Waals surface area contributed by atoms with Gasteiger partial charge in [0, 0.05) is 17.4 Å². The first-order valence-corrected chi connectivity index (χ1v) is 5.58. The third kappa shape index (κ3) is 2.13. The van der Waals surface area contributed by atoms with Gasteiger partial charge >= 0.3 is 5.97 Å². The van der Waals surface area contributed by atoms with Gasteiger partial charge in [-0.1, -0.05) is 20.8 Å². The molecule has 0 aliphatic carbocycles. The van der Waals surface area contributed by atoms with Crippen molar-refractivity contribution in [2.75, 3.05) is 0 Å². The van der Waals surface area contributed by atoms with Crippen molar-refractivity contribution in [1.82, 2.24) is 4.57 Å². The van der Waals surface area contributed by atoms with Crippen molar-refractivity contribution in [2.24, 2.45) is 5.41 Å². The first-order chi connectivity index (χ1) is 7.16. The lowest BCUT2D eigenvalue weighted by Gasteiger charge is -2.31. The van der Waals surface area contributed by atoms with Crippen LogP contribution in [0.15, 0.2) is 6.07 Å². The van der Waals surface area contributed by atoms with Crippen molar-refractivity contribution >= 4 is 5.97 Å². The van der Waals surface area contributed by atoms with E-state index < -0.39 is 5.97 Å². The first kappa shape index (κ1) is 12.8. The molecule has 0 aliphatic rings. The average molecular weight is 223 g/mol. The minimum atomic E-state index is -0.847. The lowest BCUT2D eigenvalue weighted by Crippen LogP contribution is -2.23. The molecule has 0 bridgehead atoms. The summed E-state index contributed by atoms with van der Waals surface area (Å²) in [5.41, 5.74) is 2.38. The molecule has 0 saturated heterocycles. The Bertz CT molecular complexity index is 410. The molecule has 3 heteroatoms. The van der Waals surface area contributed by atoms with Gasteiger partial charge in [-0.3, -0.25) is 0 Å². The Labute approximate surface area is 97.1 Å². The lowest BCUT2D eigenvalue weighted by atomic mass is 9.87. The molecule has 0 fully saturated rings. The van der Waals surface area contributed by atoms with E-state index in [4.69, 9.17) is 5.11 Å². The molecule has 16 heavy (non-hydrogen) atoms. The normalized spacial score (nSPS) is 13.9. The molecule has 0 amide bonds. The van der Waals surface area contributed by atoms with Gasteiger partial charge in [-0.05, 0) is 32.3 Å². The molecule has 0 saturated carbocycles. The molecule has 1 heterocycles. The summed E-state index contributed by atoms with van der Waals surface area (Å²) in [6.07, 6.45) is 0. The molecular weight excluding hydrogens is 202 g/mol. The summed E-state index contributed by atoms with van der Waals surface area (Å²) >= 11 is 0. The van der Waals surface area contributed by atoms with Gasteiger partial charge in [-0.25, -0.2) is 4.79 Å². The fourth-order valence-corrected chi connectivity index (χ4v) is 1.98. The second-order valence-electron chi connectivity index (χ2n) is 5.50. The van der Waals surface area contributed by atoms with E-state index in [2.05, 4.69) is 32.3 Å². The number of aromatic carboxylic acids is 1. The molecule has 1 N–H and O–H groups in total. The predicted octanol–water partition coefficient (Wildman–Crippen LogP) is 3.41. The zero-order valence-electron chi connectivity index (χ0n) is 11.0. The number of hydrogen-bond acceptors (Lipinski definition) is 1. The van der Waals surface area contributed by atoms with E-state index >= 15 is 0 Å². The quantitative estimate of drug-likeness (QED) is 0.834. The number of rotatable bonds is 2. The fourth-order valence-electron chi connectivity index (χ4n) is 1.98. The van der Waals surface area contributed by atoms with Gasteiger partial charge in [-0.15, -0.1) is 0 Å². The molecule has 3 nitrogen and oxygen atoms in total. The standard InChI is InChI=1S/C13H21NO2/c1-8-7-11(12(15)16)9(2)14(8)10(3)13(4,5)6/h7,10H,1-6H3,(H,15,16). The zero-order valence-corrected chi connectivity index (χ0v) is 11.0. The highest BCUT2D eigenvalue weighted by Crippen LogP contribution is 2.33. The van der Waals surface area contributed by atoms with Crippen molar-refractivity contribution in [3.05, 3.63) is 23.0 Å². The number of carboxylic acids is 1. The van der Waals surface area contributed by atoms with Crippen molar-refractivity contribution in [3.63, 3.8) is 0 Å². The van der Waals surface area contributed by atoms with E-state index in [0.717, 1.165) is 11.4 Å². The summed E-state index contributed by atoms with van der Waals surface area (Å²) in [5, 5.41) is 9.07. The van der Waals surface area contributed by atoms with Crippen LogP contribution in [0.2, 0.25) is 0 Å². The number of carbonyl (C=O) groups is 1. The summed E-state index contributed by atoms with van der Waals surface area (Å²) in [6.45, 7) is 12.5. The average Bonchev–Trinajstić information content (AvgIpc) is 2.39. The number of hydrogen-bond donors (Lipinski definition) is 1. The molecule has 1 aromatic heterocycles. The third-order valence-electron chi connectivity index (χ3n) is 3.36. The van der Waals surface area contributed by atoms with Crippen molar-refractivity contribution in [3.8, 4) is 0 Å². The summed E-state index contributed by atoms with van der Waals surface area (Å²) in [6, 6.07) is 2.03. The van der Waals surface area contributed by atoms with Crippen molar-refractivity contribution in [1.29, 1.82) is 0 Å². The molecular formula is C13H21NO2. The van der Waals surface area contributed by atoms with Crippen LogP contribution in [-0.4, -0.2) is 15.6 Å². The lowest BCUT2D eigenvalue weighted by molar-refractivity contribution is 0.0695. The van der Waals surface area contributed by atoms with Gasteiger partial charge in [0.15, 0.2) is 0 Å². The van der Waals surface area contributed by atoms with Crippen LogP contribution >= 0.6 is 0 Å². The van der Waals surface area contributed by atoms with Crippen LogP contribution in [0.3, 0.4) is 0 Å². The summed E-state index contributed by atoms with van der Waals surface area (Å²) in [5.74, 6) is -0.847. The van der Waals surface area contributed by atoms with E-state index in [1.54, 1.807) is 6.07 Å². The minimum Gasteiger partial charge on any atom is -0.478 e. The zero-order chi connectivity index (χ0) is 12.7. The predicted molar refractivity (Wildman–Crippen MR) is 65.0 cm³/mol. The summed E-state index contributed by atoms with van der Waals surface area (Å²) in [4.78, 5) is 11.0. The van der Waals surface area contributed by atoms with Crippen LogP contribution in [0.5, 0.6) is 0 Å². The first-order valence-electron chi connectivity index (χ1n) is 5.58. The van der Waals surface area contributed by atoms with Crippen LogP contribution in [0.1, 0.15) is 55.5 Å². The Kier molecular flexibility index (Phi) is 3.17. The SMILES string of the molecule is Cc1cc(C(=O)O)c(C)n1C(C)C(C)(C)C. The highest BCUT2D eigenvalue weighted by Gasteiger charge is 2.26. The Morgan fingerprint density at radius 2 is 1.88 bits per heavy atom. The molecule has 1 atom stereocenters. The molecule has 1 unspecified atom stereocenters. The molecule has 0 spiro atoms. The number of aryl methyl sites for hydroxylation is 1. The fraction of sp³-hybridized carbons (Fsp3) is 0.615. The Balaban J connectivity index is 3.30. The minimum absolute atomic E-state index is 0.115. The van der Waals surface area contributed by atoms with Crippen LogP contribution in [-0.2, 0) is 0 Å². The van der Waals surface area contributed by atoms with Crippen molar-refractivity contribution in [2.45, 2.75) is 47.6 Å². The van der Waals surface area contributed by atoms with E-state index in [1.165, 1.54) is 0 Å². The van der Waals surface area contributed by atoms with E-state index in [1.807, 2.05) is 13.8 Å². The smallest absolute Gasteiger partial charge is 0.337 e. The van der Waals surface area contributed by atoms with E-state index in [9.17, 15) is 4.79 Å². The summed E-state index contributed by atoms with van der Waals surface area (Å²) in [7, 11) is 0. The molecule has 0 radical (unpaired) electrons. The topological polar surface area (TPSA) is 42.2 Å². The maximum atomic E-state index is 11.0. The number of nitrogens with zero attached hydrogens (tertiary/aromatic N) is 1. The van der Waals surface area contributed by atoms with Gasteiger partial charge in [0.25, 0.3) is 0 Å². The second-order valence-corrected chi connectivity index (χ2v) is 5.50. The molecule has 0 aliphatic heterocycles. The maximum absolute atomic E-state index is 11.0. The van der Waals surface area contributed by atoms with Crippen molar-refractivity contribution < 1.29 is 9.90 Å². The Morgan fingerprint density at radius 1 is 1.38 bits per heavy atom. The molecule has 1 aromatic rings. The number of aromatic nitrogens is 1. The Hall–Kier alpha value is -1.25. The Morgan fingerprint density at radius 3 is 2.19 bits per heavy atom. The van der Waals surface area contributed by atoms with Gasteiger partial charge in [0.1, 0.15) is 0 Å². The van der Waals surface area contributed by atoms with E-state index in [-0.39, 0.29) is 11.5 Å². The largest absolute Gasteiger partial charge is 0.478 e. The monoisotopic (exact) mass is 223 g/mol. The highest BCUT2D eigenvalue weighted by molar-refractivity contribution is 5.89. The van der Waals surface area contributed by atoms with Gasteiger partial charge < -0.3 is 9.67 Å². The highest BCUT2D eigenvalue weighted by atomic mass is 16.4. The second kappa shape index (κ2) is 3.96. The van der Waals surface area contributed by atoms with Gasteiger partial charge in [0.2, 0.25) is 0 Å². The van der Waals surface area contributed by atoms with Gasteiger partial charge in [-0.2, -0.15) is 0 Å². The van der Waals surface area contributed by atoms with Gasteiger partial charge in [0.05, 0.1) is 5.56 Å². The van der Waals surface area contributed by atoms with Crippen LogP contribution < -0.4 is 0 Å². The van der Waals surface area contributed by atoms with Crippen LogP contribution in [0.25, 0.3) is 0 Å². The molecule has 90 valence electrons. The molecule has 0 aromatic carbocycles. The number of carboxylic acid groups (broad SMARTS) is 1. The van der Waals surface area contributed by atoms with E-state index in [0.29, 0.717) is 5.56 Å². The summed E-state index contributed by atoms with van der Waals surface area (Å²) < 4.78 is 2.11. The van der Waals surface area contributed by atoms with Crippen LogP contribution in [0, 0.1) is 19.3 Å².